The Balaban J connectivity index is 1.35. The molecule has 146 valence electrons. The molecule has 4 rings (SSSR count). The van der Waals surface area contributed by atoms with Crippen molar-refractivity contribution >= 4 is 22.4 Å². The molecule has 0 N–H and O–H groups in total. The quantitative estimate of drug-likeness (QED) is 0.438. The number of rotatable bonds is 6. The lowest BCUT2D eigenvalue weighted by molar-refractivity contribution is 0.113. The van der Waals surface area contributed by atoms with E-state index >= 15 is 0 Å². The number of halogens is 1. The summed E-state index contributed by atoms with van der Waals surface area (Å²) in [5.41, 5.74) is 1.56. The zero-order chi connectivity index (χ0) is 18.6. The minimum Gasteiger partial charge on any atom is -0.0843 e. The third-order valence-corrected chi connectivity index (χ3v) is 7.72. The fourth-order valence-electron chi connectivity index (χ4n) is 5.90. The molecule has 2 saturated carbocycles. The Morgan fingerprint density at radius 2 is 1.59 bits per heavy atom. The van der Waals surface area contributed by atoms with Crippen LogP contribution in [0.5, 0.6) is 0 Å². The van der Waals surface area contributed by atoms with Gasteiger partial charge in [0, 0.05) is 5.02 Å². The molecule has 2 unspecified atom stereocenters. The Morgan fingerprint density at radius 3 is 2.48 bits per heavy atom. The van der Waals surface area contributed by atoms with E-state index < -0.39 is 0 Å². The van der Waals surface area contributed by atoms with Crippen molar-refractivity contribution in [3.8, 4) is 0 Å². The van der Waals surface area contributed by atoms with Gasteiger partial charge in [0.15, 0.2) is 0 Å². The highest BCUT2D eigenvalue weighted by atomic mass is 35.5. The molecule has 0 nitrogen and oxygen atoms in total. The van der Waals surface area contributed by atoms with Crippen LogP contribution in [0.1, 0.15) is 89.0 Å². The number of benzene rings is 2. The van der Waals surface area contributed by atoms with Crippen molar-refractivity contribution in [2.45, 2.75) is 83.5 Å². The summed E-state index contributed by atoms with van der Waals surface area (Å²) >= 11 is 6.14. The second kappa shape index (κ2) is 8.99. The summed E-state index contributed by atoms with van der Waals surface area (Å²) < 4.78 is 0. The van der Waals surface area contributed by atoms with E-state index in [-0.39, 0.29) is 0 Å². The molecule has 2 aliphatic carbocycles. The zero-order valence-corrected chi connectivity index (χ0v) is 17.7. The fraction of sp³-hybridized carbons (Fsp3) is 0.615. The third kappa shape index (κ3) is 4.70. The van der Waals surface area contributed by atoms with Gasteiger partial charge in [0.1, 0.15) is 0 Å². The highest BCUT2D eigenvalue weighted by Gasteiger charge is 2.35. The van der Waals surface area contributed by atoms with Crippen LogP contribution in [-0.2, 0) is 0 Å². The SMILES string of the molecule is CCCCCC[C@@H]1CC[C@@H]2CC(c3ccc4cc(Cl)ccc4c3)CCC2C1. The number of hydrogen-bond donors (Lipinski definition) is 0. The van der Waals surface area contributed by atoms with Crippen molar-refractivity contribution < 1.29 is 0 Å². The number of fused-ring (bicyclic) bond motifs is 2. The lowest BCUT2D eigenvalue weighted by Gasteiger charge is -2.42. The van der Waals surface area contributed by atoms with E-state index in [0.29, 0.717) is 0 Å². The van der Waals surface area contributed by atoms with Crippen LogP contribution in [0.15, 0.2) is 36.4 Å². The molecule has 0 bridgehead atoms. The van der Waals surface area contributed by atoms with Crippen molar-refractivity contribution in [3.05, 3.63) is 47.0 Å². The monoisotopic (exact) mass is 382 g/mol. The van der Waals surface area contributed by atoms with Gasteiger partial charge in [-0.2, -0.15) is 0 Å². The van der Waals surface area contributed by atoms with Crippen molar-refractivity contribution in [2.75, 3.05) is 0 Å². The van der Waals surface area contributed by atoms with Crippen LogP contribution in [0.2, 0.25) is 5.02 Å². The Kier molecular flexibility index (Phi) is 6.43. The first-order valence-electron chi connectivity index (χ1n) is 11.4. The van der Waals surface area contributed by atoms with Crippen LogP contribution in [0.4, 0.5) is 0 Å². The third-order valence-electron chi connectivity index (χ3n) is 7.49. The Labute approximate surface area is 170 Å². The molecule has 2 aliphatic rings. The fourth-order valence-corrected chi connectivity index (χ4v) is 6.08. The summed E-state index contributed by atoms with van der Waals surface area (Å²) in [7, 11) is 0. The minimum atomic E-state index is 0.771. The van der Waals surface area contributed by atoms with Crippen LogP contribution >= 0.6 is 11.6 Å². The predicted molar refractivity (Wildman–Crippen MR) is 119 cm³/mol. The van der Waals surface area contributed by atoms with Gasteiger partial charge in [-0.15, -0.1) is 0 Å². The first-order valence-corrected chi connectivity index (χ1v) is 11.8. The molecule has 0 radical (unpaired) electrons. The van der Waals surface area contributed by atoms with E-state index in [1.807, 2.05) is 6.07 Å². The Morgan fingerprint density at radius 1 is 0.815 bits per heavy atom. The summed E-state index contributed by atoms with van der Waals surface area (Å²) in [6.07, 6.45) is 16.0. The molecule has 0 spiro atoms. The van der Waals surface area contributed by atoms with E-state index in [1.165, 1.54) is 81.4 Å². The first-order chi connectivity index (χ1) is 13.2. The lowest BCUT2D eigenvalue weighted by Crippen LogP contribution is -2.30. The van der Waals surface area contributed by atoms with E-state index in [1.54, 1.807) is 5.56 Å². The van der Waals surface area contributed by atoms with E-state index in [4.69, 9.17) is 11.6 Å². The summed E-state index contributed by atoms with van der Waals surface area (Å²) in [4.78, 5) is 0. The molecule has 0 aliphatic heterocycles. The molecule has 2 aromatic carbocycles. The van der Waals surface area contributed by atoms with Gasteiger partial charge in [0.2, 0.25) is 0 Å². The van der Waals surface area contributed by atoms with Crippen molar-refractivity contribution in [2.24, 2.45) is 17.8 Å². The van der Waals surface area contributed by atoms with Gasteiger partial charge in [-0.1, -0.05) is 81.3 Å². The smallest absolute Gasteiger partial charge is 0.0412 e. The van der Waals surface area contributed by atoms with Gasteiger partial charge in [-0.05, 0) is 84.2 Å². The number of hydrogen-bond acceptors (Lipinski definition) is 0. The van der Waals surface area contributed by atoms with Crippen LogP contribution in [0.3, 0.4) is 0 Å². The zero-order valence-electron chi connectivity index (χ0n) is 16.9. The maximum Gasteiger partial charge on any atom is 0.0412 e. The highest BCUT2D eigenvalue weighted by molar-refractivity contribution is 6.31. The lowest BCUT2D eigenvalue weighted by atomic mass is 9.63. The van der Waals surface area contributed by atoms with Gasteiger partial charge in [-0.3, -0.25) is 0 Å². The van der Waals surface area contributed by atoms with Gasteiger partial charge < -0.3 is 0 Å². The van der Waals surface area contributed by atoms with E-state index in [2.05, 4.69) is 37.3 Å². The van der Waals surface area contributed by atoms with Crippen molar-refractivity contribution in [3.63, 3.8) is 0 Å². The van der Waals surface area contributed by atoms with E-state index in [0.717, 1.165) is 28.7 Å². The summed E-state index contributed by atoms with van der Waals surface area (Å²) in [6, 6.07) is 13.3. The molecule has 4 atom stereocenters. The van der Waals surface area contributed by atoms with Crippen molar-refractivity contribution in [1.82, 2.24) is 0 Å². The van der Waals surface area contributed by atoms with Crippen LogP contribution in [0.25, 0.3) is 10.8 Å². The highest BCUT2D eigenvalue weighted by Crippen LogP contribution is 2.48. The molecule has 0 saturated heterocycles. The molecule has 0 heterocycles. The van der Waals surface area contributed by atoms with Crippen molar-refractivity contribution in [1.29, 1.82) is 0 Å². The average Bonchev–Trinajstić information content (AvgIpc) is 2.70. The van der Waals surface area contributed by atoms with Crippen LogP contribution < -0.4 is 0 Å². The average molecular weight is 383 g/mol. The minimum absolute atomic E-state index is 0.771. The molecule has 0 amide bonds. The summed E-state index contributed by atoms with van der Waals surface area (Å²) in [5, 5.41) is 3.44. The largest absolute Gasteiger partial charge is 0.0843 e. The van der Waals surface area contributed by atoms with Gasteiger partial charge in [-0.25, -0.2) is 0 Å². The normalized spacial score (nSPS) is 28.2. The second-order valence-corrected chi connectivity index (χ2v) is 9.75. The first kappa shape index (κ1) is 19.3. The maximum atomic E-state index is 6.14. The van der Waals surface area contributed by atoms with Crippen LogP contribution in [0, 0.1) is 17.8 Å². The van der Waals surface area contributed by atoms with Gasteiger partial charge in [0.05, 0.1) is 0 Å². The van der Waals surface area contributed by atoms with Gasteiger partial charge in [0.25, 0.3) is 0 Å². The van der Waals surface area contributed by atoms with E-state index in [9.17, 15) is 0 Å². The Bertz CT molecular complexity index is 749. The molecule has 2 fully saturated rings. The molecule has 1 heteroatoms. The maximum absolute atomic E-state index is 6.14. The van der Waals surface area contributed by atoms with Crippen LogP contribution in [-0.4, -0.2) is 0 Å². The predicted octanol–water partition coefficient (Wildman–Crippen LogP) is 8.76. The number of unbranched alkanes of at least 4 members (excludes halogenated alkanes) is 3. The Hall–Kier alpha value is -1.01. The second-order valence-electron chi connectivity index (χ2n) is 9.31. The molecule has 0 aromatic heterocycles. The van der Waals surface area contributed by atoms with Gasteiger partial charge >= 0.3 is 0 Å². The topological polar surface area (TPSA) is 0 Å². The molecule has 27 heavy (non-hydrogen) atoms. The molecular formula is C26H35Cl. The summed E-state index contributed by atoms with van der Waals surface area (Å²) in [5.74, 6) is 3.81. The molecular weight excluding hydrogens is 348 g/mol. The molecule has 2 aromatic rings. The summed E-state index contributed by atoms with van der Waals surface area (Å²) in [6.45, 7) is 2.31. The standard InChI is InChI=1S/C26H35Cl/c1-2-3-4-5-6-19-7-8-21-16-22(10-9-20(21)15-19)23-11-12-25-18-26(27)14-13-24(25)17-23/h11-14,17-22H,2-10,15-16H2,1H3/t19-,20?,21-,22?/m1/s1.